The second-order valence-electron chi connectivity index (χ2n) is 7.76. The molecule has 0 fully saturated rings. The maximum atomic E-state index is 13.7. The molecule has 2 N–H and O–H groups in total. The Hall–Kier alpha value is -4.48. The van der Waals surface area contributed by atoms with Crippen molar-refractivity contribution in [1.82, 2.24) is 15.3 Å². The molecule has 0 bridgehead atoms. The number of carbonyl (C=O) groups excluding carboxylic acids is 1. The van der Waals surface area contributed by atoms with E-state index in [4.69, 9.17) is 4.74 Å². The zero-order valence-corrected chi connectivity index (χ0v) is 18.9. The number of ether oxygens (including phenoxy) is 1. The fourth-order valence-electron chi connectivity index (χ4n) is 3.25. The molecule has 12 heteroatoms. The van der Waals surface area contributed by atoms with Gasteiger partial charge in [-0.2, -0.15) is 0 Å². The minimum Gasteiger partial charge on any atom is -0.438 e. The van der Waals surface area contributed by atoms with E-state index < -0.39 is 47.2 Å². The van der Waals surface area contributed by atoms with E-state index in [0.717, 1.165) is 5.69 Å². The van der Waals surface area contributed by atoms with Crippen molar-refractivity contribution in [3.05, 3.63) is 83.4 Å². The second-order valence-corrected chi connectivity index (χ2v) is 7.76. The van der Waals surface area contributed by atoms with Crippen LogP contribution in [0.5, 0.6) is 11.6 Å². The number of hydrogen-bond donors (Lipinski definition) is 2. The first kappa shape index (κ1) is 24.6. The van der Waals surface area contributed by atoms with Crippen molar-refractivity contribution in [1.29, 1.82) is 0 Å². The SMILES string of the molecule is CN(C)c1ccc2c(Oc3ccc(NC(=O)NCc4c(F)c(F)c(F)c(F)c4F)cc3)ncnc2c1. The number of benzene rings is 3. The average molecular weight is 503 g/mol. The average Bonchev–Trinajstić information content (AvgIpc) is 2.87. The summed E-state index contributed by atoms with van der Waals surface area (Å²) in [5, 5.41) is 5.13. The number of nitrogens with zero attached hydrogens (tertiary/aromatic N) is 3. The van der Waals surface area contributed by atoms with Crippen LogP contribution in [0.3, 0.4) is 0 Å². The molecule has 0 spiro atoms. The molecule has 0 atom stereocenters. The molecule has 0 aliphatic rings. The number of rotatable bonds is 6. The first-order valence-electron chi connectivity index (χ1n) is 10.4. The molecule has 0 unspecified atom stereocenters. The van der Waals surface area contributed by atoms with E-state index in [0.29, 0.717) is 22.5 Å². The van der Waals surface area contributed by atoms with Gasteiger partial charge in [-0.15, -0.1) is 0 Å². The highest BCUT2D eigenvalue weighted by Gasteiger charge is 2.25. The third-order valence-corrected chi connectivity index (χ3v) is 5.15. The number of nitrogens with one attached hydrogen (secondary N) is 2. The van der Waals surface area contributed by atoms with Crippen molar-refractivity contribution in [3.8, 4) is 11.6 Å². The van der Waals surface area contributed by atoms with Crippen LogP contribution in [0.15, 0.2) is 48.8 Å². The molecule has 4 aromatic rings. The van der Waals surface area contributed by atoms with Crippen molar-refractivity contribution in [2.45, 2.75) is 6.54 Å². The minimum absolute atomic E-state index is 0.278. The summed E-state index contributed by atoms with van der Waals surface area (Å²) in [6.07, 6.45) is 1.38. The van der Waals surface area contributed by atoms with Crippen LogP contribution in [0.4, 0.5) is 38.1 Å². The molecule has 36 heavy (non-hydrogen) atoms. The number of anilines is 2. The summed E-state index contributed by atoms with van der Waals surface area (Å²) in [4.78, 5) is 22.4. The van der Waals surface area contributed by atoms with Gasteiger partial charge in [0.2, 0.25) is 11.7 Å². The third-order valence-electron chi connectivity index (χ3n) is 5.15. The lowest BCUT2D eigenvalue weighted by molar-refractivity contribution is 0.251. The maximum absolute atomic E-state index is 13.7. The van der Waals surface area contributed by atoms with Crippen molar-refractivity contribution in [2.24, 2.45) is 0 Å². The van der Waals surface area contributed by atoms with E-state index in [1.165, 1.54) is 18.5 Å². The normalized spacial score (nSPS) is 10.9. The number of amides is 2. The molecule has 3 aromatic carbocycles. The summed E-state index contributed by atoms with van der Waals surface area (Å²) in [5.74, 6) is -9.74. The van der Waals surface area contributed by atoms with E-state index in [9.17, 15) is 26.7 Å². The lowest BCUT2D eigenvalue weighted by Crippen LogP contribution is -2.29. The van der Waals surface area contributed by atoms with Gasteiger partial charge in [0, 0.05) is 31.0 Å². The van der Waals surface area contributed by atoms with Crippen molar-refractivity contribution in [2.75, 3.05) is 24.3 Å². The Morgan fingerprint density at radius 3 is 2.17 bits per heavy atom. The van der Waals surface area contributed by atoms with E-state index in [-0.39, 0.29) is 5.69 Å². The van der Waals surface area contributed by atoms with E-state index in [1.807, 2.05) is 37.2 Å². The quantitative estimate of drug-likeness (QED) is 0.206. The fourth-order valence-corrected chi connectivity index (χ4v) is 3.25. The predicted molar refractivity (Wildman–Crippen MR) is 122 cm³/mol. The Morgan fingerprint density at radius 1 is 0.889 bits per heavy atom. The largest absolute Gasteiger partial charge is 0.438 e. The molecule has 1 aromatic heterocycles. The topological polar surface area (TPSA) is 79.4 Å². The highest BCUT2D eigenvalue weighted by molar-refractivity contribution is 5.89. The van der Waals surface area contributed by atoms with Gasteiger partial charge in [0.25, 0.3) is 0 Å². The molecule has 0 saturated heterocycles. The summed E-state index contributed by atoms with van der Waals surface area (Å²) in [6, 6.07) is 10.8. The van der Waals surface area contributed by atoms with Crippen molar-refractivity contribution < 1.29 is 31.5 Å². The molecule has 4 rings (SSSR count). The summed E-state index contributed by atoms with van der Waals surface area (Å²) >= 11 is 0. The van der Waals surface area contributed by atoms with Gasteiger partial charge >= 0.3 is 6.03 Å². The van der Waals surface area contributed by atoms with E-state index in [2.05, 4.69) is 20.6 Å². The molecular formula is C24H18F5N5O2. The molecule has 0 radical (unpaired) electrons. The Kier molecular flexibility index (Phi) is 6.86. The van der Waals surface area contributed by atoms with Crippen molar-refractivity contribution in [3.63, 3.8) is 0 Å². The molecule has 2 amide bonds. The lowest BCUT2D eigenvalue weighted by atomic mass is 10.1. The summed E-state index contributed by atoms with van der Waals surface area (Å²) in [6.45, 7) is -0.921. The molecule has 186 valence electrons. The van der Waals surface area contributed by atoms with Crippen LogP contribution < -0.4 is 20.3 Å². The van der Waals surface area contributed by atoms with Gasteiger partial charge in [0.15, 0.2) is 23.3 Å². The highest BCUT2D eigenvalue weighted by atomic mass is 19.2. The molecule has 0 saturated carbocycles. The first-order valence-corrected chi connectivity index (χ1v) is 10.4. The van der Waals surface area contributed by atoms with Gasteiger partial charge in [-0.25, -0.2) is 36.7 Å². The summed E-state index contributed by atoms with van der Waals surface area (Å²) in [7, 11) is 3.82. The highest BCUT2D eigenvalue weighted by Crippen LogP contribution is 2.29. The van der Waals surface area contributed by atoms with E-state index in [1.54, 1.807) is 12.1 Å². The standard InChI is InChI=1S/C24H18F5N5O2/c1-34(2)13-5-8-15-17(9-13)31-11-32-23(15)36-14-6-3-12(4-7-14)33-24(35)30-10-16-18(25)20(27)22(29)21(28)19(16)26/h3-9,11H,10H2,1-2H3,(H2,30,33,35). The van der Waals surface area contributed by atoms with Crippen molar-refractivity contribution >= 4 is 28.3 Å². The van der Waals surface area contributed by atoms with Crippen LogP contribution in [0.25, 0.3) is 10.9 Å². The number of hydrogen-bond acceptors (Lipinski definition) is 5. The Balaban J connectivity index is 1.41. The number of urea groups is 1. The predicted octanol–water partition coefficient (Wildman–Crippen LogP) is 5.51. The maximum Gasteiger partial charge on any atom is 0.319 e. The molecule has 0 aliphatic heterocycles. The van der Waals surface area contributed by atoms with Crippen LogP contribution in [0.2, 0.25) is 0 Å². The van der Waals surface area contributed by atoms with Gasteiger partial charge in [-0.1, -0.05) is 0 Å². The van der Waals surface area contributed by atoms with Gasteiger partial charge in [-0.3, -0.25) is 0 Å². The zero-order valence-electron chi connectivity index (χ0n) is 18.9. The fraction of sp³-hybridized carbons (Fsp3) is 0.125. The van der Waals surface area contributed by atoms with Crippen LogP contribution in [-0.2, 0) is 6.54 Å². The van der Waals surface area contributed by atoms with Gasteiger partial charge in [0.1, 0.15) is 12.1 Å². The Morgan fingerprint density at radius 2 is 1.53 bits per heavy atom. The number of halogens is 5. The first-order chi connectivity index (χ1) is 17.2. The molecular weight excluding hydrogens is 485 g/mol. The monoisotopic (exact) mass is 503 g/mol. The van der Waals surface area contributed by atoms with Crippen LogP contribution in [0.1, 0.15) is 5.56 Å². The molecule has 7 nitrogen and oxygen atoms in total. The summed E-state index contributed by atoms with van der Waals surface area (Å²) in [5.41, 5.74) is 0.775. The Labute approximate surface area is 201 Å². The van der Waals surface area contributed by atoms with Gasteiger partial charge < -0.3 is 20.3 Å². The van der Waals surface area contributed by atoms with Crippen LogP contribution in [-0.4, -0.2) is 30.1 Å². The summed E-state index contributed by atoms with van der Waals surface area (Å²) < 4.78 is 73.0. The van der Waals surface area contributed by atoms with Gasteiger partial charge in [-0.05, 0) is 42.5 Å². The van der Waals surface area contributed by atoms with Crippen LogP contribution in [0, 0.1) is 29.1 Å². The smallest absolute Gasteiger partial charge is 0.319 e. The number of carbonyl (C=O) groups is 1. The molecule has 1 heterocycles. The number of fused-ring (bicyclic) bond motifs is 1. The van der Waals surface area contributed by atoms with E-state index >= 15 is 0 Å². The zero-order chi connectivity index (χ0) is 26.0. The second kappa shape index (κ2) is 10.0. The third kappa shape index (κ3) is 4.97. The lowest BCUT2D eigenvalue weighted by Gasteiger charge is -2.14. The minimum atomic E-state index is -2.27. The molecule has 0 aliphatic carbocycles. The van der Waals surface area contributed by atoms with Crippen LogP contribution >= 0.6 is 0 Å². The Bertz CT molecular complexity index is 1420. The van der Waals surface area contributed by atoms with Gasteiger partial charge in [0.05, 0.1) is 17.4 Å². The number of aromatic nitrogens is 2.